The summed E-state index contributed by atoms with van der Waals surface area (Å²) >= 11 is 0. The summed E-state index contributed by atoms with van der Waals surface area (Å²) in [5, 5.41) is 7.80. The SMILES string of the molecule is CC.Cc1nnc(-c2c[nH]c(=O)[nH]c2=O)cc1C(=P)OC(c1ccnc(OCC(C)(F)F)c1)C(F)F. The van der Waals surface area contributed by atoms with Crippen LogP contribution in [0.25, 0.3) is 11.3 Å². The lowest BCUT2D eigenvalue weighted by Gasteiger charge is -2.20. The number of alkyl halides is 4. The van der Waals surface area contributed by atoms with Crippen molar-refractivity contribution in [2.45, 2.75) is 46.1 Å². The number of aromatic nitrogens is 5. The maximum absolute atomic E-state index is 13.9. The van der Waals surface area contributed by atoms with Gasteiger partial charge in [0, 0.05) is 30.9 Å². The zero-order valence-electron chi connectivity index (χ0n) is 19.7. The maximum Gasteiger partial charge on any atom is 0.325 e. The summed E-state index contributed by atoms with van der Waals surface area (Å²) in [4.78, 5) is 31.4. The molecule has 0 amide bonds. The molecule has 0 fully saturated rings. The molecule has 0 saturated carbocycles. The van der Waals surface area contributed by atoms with Crippen LogP contribution in [0.2, 0.25) is 0 Å². The molecule has 3 aromatic rings. The number of rotatable bonds is 9. The lowest BCUT2D eigenvalue weighted by atomic mass is 10.1. The molecule has 0 aliphatic carbocycles. The third-order valence-electron chi connectivity index (χ3n) is 4.35. The number of aromatic amines is 2. The number of nitrogens with zero attached hydrogens (tertiary/aromatic N) is 3. The Labute approximate surface area is 205 Å². The molecule has 0 radical (unpaired) electrons. The third kappa shape index (κ3) is 7.79. The zero-order valence-corrected chi connectivity index (χ0v) is 20.7. The Bertz CT molecular complexity index is 1310. The van der Waals surface area contributed by atoms with Crippen LogP contribution in [0.4, 0.5) is 17.6 Å². The van der Waals surface area contributed by atoms with Crippen molar-refractivity contribution < 1.29 is 27.0 Å². The van der Waals surface area contributed by atoms with E-state index in [0.717, 1.165) is 18.5 Å². The van der Waals surface area contributed by atoms with Crippen LogP contribution in [0, 0.1) is 6.92 Å². The highest BCUT2D eigenvalue weighted by atomic mass is 31.0. The van der Waals surface area contributed by atoms with E-state index in [1.54, 1.807) is 0 Å². The number of aryl methyl sites for hydroxylation is 1. The van der Waals surface area contributed by atoms with Crippen molar-refractivity contribution in [2.24, 2.45) is 0 Å². The van der Waals surface area contributed by atoms with Crippen molar-refractivity contribution in [3.63, 3.8) is 0 Å². The topological polar surface area (TPSA) is 123 Å². The minimum Gasteiger partial charge on any atom is -0.471 e. The number of hydrogen-bond donors (Lipinski definition) is 2. The summed E-state index contributed by atoms with van der Waals surface area (Å²) in [6.45, 7) is 5.20. The highest BCUT2D eigenvalue weighted by molar-refractivity contribution is 7.21. The molecule has 0 bridgehead atoms. The van der Waals surface area contributed by atoms with Crippen LogP contribution in [0.15, 0.2) is 40.2 Å². The van der Waals surface area contributed by atoms with Gasteiger partial charge in [-0.25, -0.2) is 27.3 Å². The van der Waals surface area contributed by atoms with E-state index in [9.17, 15) is 27.2 Å². The van der Waals surface area contributed by atoms with Crippen molar-refractivity contribution in [3.05, 3.63) is 68.3 Å². The van der Waals surface area contributed by atoms with Gasteiger partial charge in [0.2, 0.25) is 5.88 Å². The molecule has 3 heterocycles. The van der Waals surface area contributed by atoms with Crippen molar-refractivity contribution in [2.75, 3.05) is 6.61 Å². The highest BCUT2D eigenvalue weighted by Gasteiger charge is 2.28. The fourth-order valence-corrected chi connectivity index (χ4v) is 3.13. The van der Waals surface area contributed by atoms with Crippen LogP contribution in [-0.2, 0) is 4.74 Å². The Kier molecular flexibility index (Phi) is 10.00. The quantitative estimate of drug-likeness (QED) is 0.318. The molecule has 0 saturated heterocycles. The lowest BCUT2D eigenvalue weighted by molar-refractivity contribution is -0.0246. The molecule has 1 unspecified atom stereocenters. The molecule has 3 aromatic heterocycles. The summed E-state index contributed by atoms with van der Waals surface area (Å²) in [6.07, 6.45) is -2.58. The second-order valence-electron chi connectivity index (χ2n) is 7.20. The van der Waals surface area contributed by atoms with Gasteiger partial charge in [-0.05, 0) is 24.6 Å². The fraction of sp³-hybridized carbons (Fsp3) is 0.364. The van der Waals surface area contributed by atoms with Crippen molar-refractivity contribution in [3.8, 4) is 17.1 Å². The van der Waals surface area contributed by atoms with Gasteiger partial charge in [0.25, 0.3) is 17.9 Å². The first kappa shape index (κ1) is 28.8. The van der Waals surface area contributed by atoms with Crippen molar-refractivity contribution in [1.29, 1.82) is 0 Å². The number of halogens is 4. The maximum atomic E-state index is 13.9. The van der Waals surface area contributed by atoms with Gasteiger partial charge >= 0.3 is 5.69 Å². The number of nitrogens with one attached hydrogen (secondary N) is 2. The summed E-state index contributed by atoms with van der Waals surface area (Å²) in [5.41, 5.74) is -1.15. The summed E-state index contributed by atoms with van der Waals surface area (Å²) in [7, 11) is 3.18. The molecular formula is C22H24F4N5O4P. The van der Waals surface area contributed by atoms with E-state index < -0.39 is 36.3 Å². The van der Waals surface area contributed by atoms with Crippen LogP contribution >= 0.6 is 8.86 Å². The van der Waals surface area contributed by atoms with Crippen LogP contribution < -0.4 is 16.0 Å². The zero-order chi connectivity index (χ0) is 27.0. The fourth-order valence-electron chi connectivity index (χ4n) is 2.75. The van der Waals surface area contributed by atoms with E-state index in [4.69, 9.17) is 9.47 Å². The van der Waals surface area contributed by atoms with Crippen molar-refractivity contribution in [1.82, 2.24) is 25.1 Å². The Morgan fingerprint density at radius 3 is 2.50 bits per heavy atom. The smallest absolute Gasteiger partial charge is 0.325 e. The molecule has 0 spiro atoms. The van der Waals surface area contributed by atoms with Gasteiger partial charge in [0.1, 0.15) is 11.2 Å². The second kappa shape index (κ2) is 12.5. The number of H-pyrrole nitrogens is 2. The molecule has 14 heteroatoms. The Morgan fingerprint density at radius 2 is 1.89 bits per heavy atom. The number of hydrogen-bond acceptors (Lipinski definition) is 7. The van der Waals surface area contributed by atoms with Gasteiger partial charge in [-0.3, -0.25) is 9.78 Å². The molecule has 1 atom stereocenters. The van der Waals surface area contributed by atoms with E-state index in [-0.39, 0.29) is 39.4 Å². The summed E-state index contributed by atoms with van der Waals surface area (Å²) in [6, 6.07) is 3.67. The predicted octanol–water partition coefficient (Wildman–Crippen LogP) is 3.93. The molecule has 36 heavy (non-hydrogen) atoms. The largest absolute Gasteiger partial charge is 0.471 e. The van der Waals surface area contributed by atoms with E-state index in [2.05, 4.69) is 29.0 Å². The molecule has 0 aromatic carbocycles. The molecule has 0 aliphatic rings. The first-order valence-corrected chi connectivity index (χ1v) is 11.1. The van der Waals surface area contributed by atoms with Gasteiger partial charge in [-0.2, -0.15) is 5.10 Å². The first-order valence-electron chi connectivity index (χ1n) is 10.6. The highest BCUT2D eigenvalue weighted by Crippen LogP contribution is 2.29. The summed E-state index contributed by atoms with van der Waals surface area (Å²) in [5.74, 6) is -3.41. The van der Waals surface area contributed by atoms with E-state index in [0.29, 0.717) is 6.92 Å². The average molecular weight is 529 g/mol. The van der Waals surface area contributed by atoms with Gasteiger partial charge in [0.15, 0.2) is 12.7 Å². The Balaban J connectivity index is 0.00000222. The predicted molar refractivity (Wildman–Crippen MR) is 127 cm³/mol. The Hall–Kier alpha value is -3.44. The second-order valence-corrected chi connectivity index (χ2v) is 7.66. The number of pyridine rings is 1. The molecule has 9 nitrogen and oxygen atoms in total. The van der Waals surface area contributed by atoms with Gasteiger partial charge in [0.05, 0.1) is 11.3 Å². The minimum absolute atomic E-state index is 0.0122. The van der Waals surface area contributed by atoms with Crippen LogP contribution in [0.5, 0.6) is 5.88 Å². The average Bonchev–Trinajstić information content (AvgIpc) is 2.82. The molecule has 3 rings (SSSR count). The Morgan fingerprint density at radius 1 is 1.19 bits per heavy atom. The normalized spacial score (nSPS) is 12.0. The van der Waals surface area contributed by atoms with E-state index >= 15 is 0 Å². The molecule has 194 valence electrons. The third-order valence-corrected chi connectivity index (χ3v) is 4.74. The van der Waals surface area contributed by atoms with E-state index in [1.165, 1.54) is 19.1 Å². The van der Waals surface area contributed by atoms with Gasteiger partial charge < -0.3 is 14.5 Å². The molecule has 0 aliphatic heterocycles. The minimum atomic E-state index is -3.14. The van der Waals surface area contributed by atoms with Gasteiger partial charge in [-0.1, -0.05) is 22.7 Å². The van der Waals surface area contributed by atoms with Crippen LogP contribution in [0.1, 0.15) is 43.7 Å². The summed E-state index contributed by atoms with van der Waals surface area (Å²) < 4.78 is 64.1. The van der Waals surface area contributed by atoms with Crippen LogP contribution in [0.3, 0.4) is 0 Å². The van der Waals surface area contributed by atoms with E-state index in [1.807, 2.05) is 18.8 Å². The molecular weight excluding hydrogens is 505 g/mol. The number of ether oxygens (including phenoxy) is 2. The standard InChI is InChI=1S/C20H18F4N5O4P.C2H6/c1-9-11(6-13(29-28-9)12-7-26-19(31)27-17(12)30)18(34)33-15(16(21)22)10-3-4-25-14(5-10)32-8-20(2,23)24;1-2/h3-7,15-16,34H,8H2,1-2H3,(H2,26,27,30,31);1-2H3. The van der Waals surface area contributed by atoms with Crippen molar-refractivity contribution >= 4 is 14.3 Å². The first-order chi connectivity index (χ1) is 16.9. The van der Waals surface area contributed by atoms with Crippen LogP contribution in [-0.4, -0.2) is 49.6 Å². The monoisotopic (exact) mass is 529 g/mol. The van der Waals surface area contributed by atoms with Gasteiger partial charge in [-0.15, -0.1) is 5.10 Å². The molecule has 2 N–H and O–H groups in total. The lowest BCUT2D eigenvalue weighted by Crippen LogP contribution is -2.23.